The number of rotatable bonds is 12. The molecule has 1 amide bonds. The normalized spacial score (nSPS) is 13.0. The molecule has 0 N–H and O–H groups in total. The van der Waals surface area contributed by atoms with Crippen molar-refractivity contribution in [2.24, 2.45) is 0 Å². The largest absolute Gasteiger partial charge is 0.497 e. The third-order valence-electron chi connectivity index (χ3n) is 7.13. The predicted octanol–water partition coefficient (Wildman–Crippen LogP) is 6.03. The van der Waals surface area contributed by atoms with Crippen LogP contribution in [0.15, 0.2) is 66.7 Å². The van der Waals surface area contributed by atoms with Gasteiger partial charge in [-0.25, -0.2) is 4.79 Å². The summed E-state index contributed by atoms with van der Waals surface area (Å²) >= 11 is 0. The molecule has 1 aliphatic rings. The Labute approximate surface area is 237 Å². The minimum absolute atomic E-state index is 0.00408. The zero-order chi connectivity index (χ0) is 28.3. The third kappa shape index (κ3) is 7.56. The van der Waals surface area contributed by atoms with Gasteiger partial charge >= 0.3 is 5.97 Å². The van der Waals surface area contributed by atoms with Crippen LogP contribution in [0.25, 0.3) is 0 Å². The monoisotopic (exact) mass is 544 g/mol. The molecule has 3 aromatic rings. The minimum Gasteiger partial charge on any atom is -0.497 e. The quantitative estimate of drug-likeness (QED) is 0.259. The number of benzene rings is 3. The van der Waals surface area contributed by atoms with E-state index in [0.29, 0.717) is 31.0 Å². The summed E-state index contributed by atoms with van der Waals surface area (Å²) in [6.45, 7) is 7.36. The smallest absolute Gasteiger partial charge is 0.341 e. The second kappa shape index (κ2) is 14.4. The van der Waals surface area contributed by atoms with Crippen LogP contribution < -0.4 is 14.4 Å². The highest BCUT2D eigenvalue weighted by Crippen LogP contribution is 2.27. The zero-order valence-electron chi connectivity index (χ0n) is 23.9. The summed E-state index contributed by atoms with van der Waals surface area (Å²) in [6, 6.07) is 21.5. The molecule has 0 radical (unpaired) electrons. The van der Waals surface area contributed by atoms with E-state index in [9.17, 15) is 9.59 Å². The first-order chi connectivity index (χ1) is 19.5. The summed E-state index contributed by atoms with van der Waals surface area (Å²) in [7, 11) is 1.64. The van der Waals surface area contributed by atoms with E-state index in [4.69, 9.17) is 14.2 Å². The Morgan fingerprint density at radius 2 is 1.57 bits per heavy atom. The summed E-state index contributed by atoms with van der Waals surface area (Å²) in [6.07, 6.45) is 3.82. The van der Waals surface area contributed by atoms with Crippen LogP contribution in [0.4, 0.5) is 5.69 Å². The molecule has 1 aliphatic heterocycles. The molecule has 0 atom stereocenters. The first kappa shape index (κ1) is 29.0. The summed E-state index contributed by atoms with van der Waals surface area (Å²) in [5.74, 6) is 0.778. The fourth-order valence-corrected chi connectivity index (χ4v) is 5.09. The second-order valence-electron chi connectivity index (χ2n) is 9.94. The van der Waals surface area contributed by atoms with Crippen LogP contribution in [0.5, 0.6) is 11.5 Å². The van der Waals surface area contributed by atoms with Gasteiger partial charge in [-0.15, -0.1) is 0 Å². The second-order valence-corrected chi connectivity index (χ2v) is 9.94. The van der Waals surface area contributed by atoms with Crippen LogP contribution in [-0.4, -0.2) is 50.2 Å². The Morgan fingerprint density at radius 3 is 2.27 bits per heavy atom. The number of amides is 1. The van der Waals surface area contributed by atoms with Crippen molar-refractivity contribution in [3.63, 3.8) is 0 Å². The van der Waals surface area contributed by atoms with Gasteiger partial charge in [0.05, 0.1) is 26.7 Å². The van der Waals surface area contributed by atoms with E-state index in [1.165, 1.54) is 24.9 Å². The molecular weight excluding hydrogens is 504 g/mol. The fraction of sp³-hybridized carbons (Fsp3) is 0.394. The molecule has 7 heteroatoms. The van der Waals surface area contributed by atoms with Crippen molar-refractivity contribution in [3.8, 4) is 11.5 Å². The fourth-order valence-electron chi connectivity index (χ4n) is 5.09. The van der Waals surface area contributed by atoms with E-state index in [-0.39, 0.29) is 18.9 Å². The number of nitrogens with zero attached hydrogens (tertiary/aromatic N) is 2. The van der Waals surface area contributed by atoms with Gasteiger partial charge in [0.15, 0.2) is 0 Å². The van der Waals surface area contributed by atoms with E-state index in [0.717, 1.165) is 35.5 Å². The number of hydrogen-bond donors (Lipinski definition) is 0. The molecule has 0 aromatic heterocycles. The van der Waals surface area contributed by atoms with Crippen LogP contribution in [0.2, 0.25) is 0 Å². The van der Waals surface area contributed by atoms with Crippen molar-refractivity contribution in [1.29, 1.82) is 0 Å². The van der Waals surface area contributed by atoms with Gasteiger partial charge in [0, 0.05) is 31.9 Å². The average Bonchev–Trinajstić information content (AvgIpc) is 2.98. The molecule has 0 aliphatic carbocycles. The van der Waals surface area contributed by atoms with Gasteiger partial charge in [0.1, 0.15) is 17.1 Å². The van der Waals surface area contributed by atoms with Gasteiger partial charge in [-0.3, -0.25) is 4.79 Å². The molecule has 3 aromatic carbocycles. The lowest BCUT2D eigenvalue weighted by molar-refractivity contribution is -0.131. The number of carbonyl (C=O) groups is 2. The van der Waals surface area contributed by atoms with Gasteiger partial charge in [-0.2, -0.15) is 0 Å². The molecule has 1 heterocycles. The molecule has 212 valence electrons. The minimum atomic E-state index is -0.431. The van der Waals surface area contributed by atoms with Crippen LogP contribution in [0.3, 0.4) is 0 Å². The standard InChI is InChI=1S/C33H40N2O5/c1-4-39-31-21-26(15-18-29(31)33(37)40-5-2)22-32(36)35(23-25-13-16-28(38-3)17-14-25)24-27-11-7-8-12-30(27)34-19-9-6-10-20-34/h7-8,11-18,21H,4-6,9-10,19-20,22-24H2,1-3H3. The summed E-state index contributed by atoms with van der Waals surface area (Å²) in [5.41, 5.74) is 4.51. The highest BCUT2D eigenvalue weighted by atomic mass is 16.5. The lowest BCUT2D eigenvalue weighted by Gasteiger charge is -2.32. The summed E-state index contributed by atoms with van der Waals surface area (Å²) in [5, 5.41) is 0. The number of piperidine rings is 1. The van der Waals surface area contributed by atoms with E-state index < -0.39 is 5.97 Å². The van der Waals surface area contributed by atoms with E-state index in [1.54, 1.807) is 32.2 Å². The maximum atomic E-state index is 13.9. The van der Waals surface area contributed by atoms with Gasteiger partial charge in [-0.05, 0) is 80.1 Å². The molecular formula is C33H40N2O5. The molecule has 0 bridgehead atoms. The molecule has 1 fully saturated rings. The van der Waals surface area contributed by atoms with Crippen molar-refractivity contribution in [2.75, 3.05) is 38.3 Å². The Balaban J connectivity index is 1.60. The molecule has 4 rings (SSSR count). The van der Waals surface area contributed by atoms with Gasteiger partial charge in [0.25, 0.3) is 0 Å². The van der Waals surface area contributed by atoms with Crippen molar-refractivity contribution in [3.05, 3.63) is 89.0 Å². The maximum Gasteiger partial charge on any atom is 0.341 e. The molecule has 1 saturated heterocycles. The first-order valence-corrected chi connectivity index (χ1v) is 14.2. The van der Waals surface area contributed by atoms with E-state index >= 15 is 0 Å². The van der Waals surface area contributed by atoms with Crippen molar-refractivity contribution in [2.45, 2.75) is 52.6 Å². The average molecular weight is 545 g/mol. The number of para-hydroxylation sites is 1. The van der Waals surface area contributed by atoms with Crippen LogP contribution in [0, 0.1) is 0 Å². The summed E-state index contributed by atoms with van der Waals surface area (Å²) in [4.78, 5) is 30.6. The Kier molecular flexibility index (Phi) is 10.4. The highest BCUT2D eigenvalue weighted by molar-refractivity contribution is 5.93. The first-order valence-electron chi connectivity index (χ1n) is 14.2. The number of methoxy groups -OCH3 is 1. The van der Waals surface area contributed by atoms with E-state index in [2.05, 4.69) is 23.1 Å². The number of carbonyl (C=O) groups excluding carboxylic acids is 2. The molecule has 40 heavy (non-hydrogen) atoms. The van der Waals surface area contributed by atoms with Crippen molar-refractivity contribution < 1.29 is 23.8 Å². The van der Waals surface area contributed by atoms with Crippen LogP contribution in [-0.2, 0) is 29.0 Å². The van der Waals surface area contributed by atoms with Gasteiger partial charge in [0.2, 0.25) is 5.91 Å². The highest BCUT2D eigenvalue weighted by Gasteiger charge is 2.21. The number of esters is 1. The van der Waals surface area contributed by atoms with E-state index in [1.807, 2.05) is 42.2 Å². The lowest BCUT2D eigenvalue weighted by Crippen LogP contribution is -2.34. The molecule has 0 saturated carbocycles. The molecule has 0 spiro atoms. The Morgan fingerprint density at radius 1 is 0.850 bits per heavy atom. The Hall–Kier alpha value is -4.00. The topological polar surface area (TPSA) is 68.3 Å². The molecule has 0 unspecified atom stereocenters. The van der Waals surface area contributed by atoms with Gasteiger partial charge in [-0.1, -0.05) is 36.4 Å². The van der Waals surface area contributed by atoms with Gasteiger partial charge < -0.3 is 24.0 Å². The van der Waals surface area contributed by atoms with Crippen LogP contribution in [0.1, 0.15) is 60.2 Å². The maximum absolute atomic E-state index is 13.9. The number of ether oxygens (including phenoxy) is 3. The lowest BCUT2D eigenvalue weighted by atomic mass is 10.0. The number of anilines is 1. The van der Waals surface area contributed by atoms with Crippen molar-refractivity contribution in [1.82, 2.24) is 4.90 Å². The number of hydrogen-bond acceptors (Lipinski definition) is 6. The summed E-state index contributed by atoms with van der Waals surface area (Å²) < 4.78 is 16.2. The van der Waals surface area contributed by atoms with Crippen LogP contribution >= 0.6 is 0 Å². The molecule has 7 nitrogen and oxygen atoms in total. The zero-order valence-corrected chi connectivity index (χ0v) is 23.9. The SMILES string of the molecule is CCOC(=O)c1ccc(CC(=O)N(Cc2ccc(OC)cc2)Cc2ccccc2N2CCCCC2)cc1OCC. The van der Waals surface area contributed by atoms with Crippen molar-refractivity contribution >= 4 is 17.6 Å². The third-order valence-corrected chi connectivity index (χ3v) is 7.13. The Bertz CT molecular complexity index is 1270. The predicted molar refractivity (Wildman–Crippen MR) is 157 cm³/mol.